The maximum atomic E-state index is 10.2. The summed E-state index contributed by atoms with van der Waals surface area (Å²) in [5.74, 6) is 0. The van der Waals surface area contributed by atoms with Crippen LogP contribution in [-0.2, 0) is 0 Å². The number of nitrogens with zero attached hydrogens (tertiary/aromatic N) is 1. The van der Waals surface area contributed by atoms with Crippen molar-refractivity contribution in [1.82, 2.24) is 0 Å². The van der Waals surface area contributed by atoms with Gasteiger partial charge in [-0.15, -0.1) is 0 Å². The molecule has 1 saturated carbocycles. The lowest BCUT2D eigenvalue weighted by molar-refractivity contribution is -0.920. The Labute approximate surface area is 120 Å². The molecule has 0 bridgehead atoms. The van der Waals surface area contributed by atoms with E-state index in [1.54, 1.807) is 0 Å². The summed E-state index contributed by atoms with van der Waals surface area (Å²) in [6.45, 7) is 3.50. The zero-order valence-electron chi connectivity index (χ0n) is 13.5. The molecule has 0 heterocycles. The Bertz CT molecular complexity index is 227. The number of aliphatic hydroxyl groups is 1. The summed E-state index contributed by atoms with van der Waals surface area (Å²) in [6.07, 6.45) is 14.3. The second-order valence-corrected chi connectivity index (χ2v) is 7.04. The highest BCUT2D eigenvalue weighted by atomic mass is 16.3. The second-order valence-electron chi connectivity index (χ2n) is 7.04. The first kappa shape index (κ1) is 17.0. The zero-order chi connectivity index (χ0) is 14.1. The highest BCUT2D eigenvalue weighted by Gasteiger charge is 2.35. The smallest absolute Gasteiger partial charge is 0.115 e. The van der Waals surface area contributed by atoms with Crippen molar-refractivity contribution in [2.24, 2.45) is 0 Å². The number of likely N-dealkylation sites (N-methyl/N-ethyl adjacent to an activating group) is 1. The van der Waals surface area contributed by atoms with Crippen LogP contribution in [0, 0.1) is 0 Å². The molecule has 2 unspecified atom stereocenters. The highest BCUT2D eigenvalue weighted by molar-refractivity contribution is 4.75. The fourth-order valence-corrected chi connectivity index (χ4v) is 3.55. The minimum atomic E-state index is -0.0618. The van der Waals surface area contributed by atoms with E-state index in [9.17, 15) is 5.11 Å². The lowest BCUT2D eigenvalue weighted by atomic mass is 9.90. The number of hydrogen-bond donors (Lipinski definition) is 1. The first-order valence-electron chi connectivity index (χ1n) is 8.58. The predicted molar refractivity (Wildman–Crippen MR) is 83.2 cm³/mol. The van der Waals surface area contributed by atoms with E-state index in [1.165, 1.54) is 70.8 Å². The van der Waals surface area contributed by atoms with Crippen molar-refractivity contribution >= 4 is 0 Å². The summed E-state index contributed by atoms with van der Waals surface area (Å²) in [5.41, 5.74) is 0. The molecule has 2 heteroatoms. The van der Waals surface area contributed by atoms with Gasteiger partial charge in [-0.25, -0.2) is 0 Å². The van der Waals surface area contributed by atoms with Crippen molar-refractivity contribution in [2.75, 3.05) is 20.6 Å². The van der Waals surface area contributed by atoms with Gasteiger partial charge in [-0.05, 0) is 25.7 Å². The third kappa shape index (κ3) is 6.27. The van der Waals surface area contributed by atoms with E-state index in [1.807, 2.05) is 0 Å². The minimum absolute atomic E-state index is 0.0618. The Kier molecular flexibility index (Phi) is 8.01. The van der Waals surface area contributed by atoms with Gasteiger partial charge in [0.05, 0.1) is 20.6 Å². The third-order valence-electron chi connectivity index (χ3n) is 4.93. The molecule has 1 aliphatic carbocycles. The van der Waals surface area contributed by atoms with E-state index in [0.717, 1.165) is 10.9 Å². The number of aliphatic hydroxyl groups excluding tert-OH is 1. The van der Waals surface area contributed by atoms with Crippen molar-refractivity contribution in [3.05, 3.63) is 0 Å². The molecule has 1 rings (SSSR count). The molecule has 0 aromatic heterocycles. The second kappa shape index (κ2) is 8.97. The van der Waals surface area contributed by atoms with E-state index in [2.05, 4.69) is 21.0 Å². The molecular weight excluding hydrogens is 234 g/mol. The molecule has 1 aliphatic rings. The molecule has 0 radical (unpaired) electrons. The van der Waals surface area contributed by atoms with Gasteiger partial charge in [0.1, 0.15) is 12.1 Å². The van der Waals surface area contributed by atoms with Crippen LogP contribution >= 0.6 is 0 Å². The number of rotatable bonds is 9. The molecule has 0 saturated heterocycles. The van der Waals surface area contributed by atoms with Crippen molar-refractivity contribution in [3.8, 4) is 0 Å². The van der Waals surface area contributed by atoms with Gasteiger partial charge in [0.15, 0.2) is 0 Å². The van der Waals surface area contributed by atoms with E-state index in [4.69, 9.17) is 0 Å². The minimum Gasteiger partial charge on any atom is -0.387 e. The molecule has 0 spiro atoms. The normalized spacial score (nSPS) is 24.6. The predicted octanol–water partition coefficient (Wildman–Crippen LogP) is 4.12. The van der Waals surface area contributed by atoms with Crippen LogP contribution in [0.3, 0.4) is 0 Å². The molecule has 114 valence electrons. The van der Waals surface area contributed by atoms with Crippen LogP contribution in [0.25, 0.3) is 0 Å². The van der Waals surface area contributed by atoms with Gasteiger partial charge in [-0.1, -0.05) is 45.4 Å². The number of unbranched alkanes of at least 4 members (excludes halogenated alkanes) is 6. The van der Waals surface area contributed by atoms with Crippen LogP contribution in [0.4, 0.5) is 0 Å². The summed E-state index contributed by atoms with van der Waals surface area (Å²) in [7, 11) is 4.63. The summed E-state index contributed by atoms with van der Waals surface area (Å²) in [6, 6.07) is 0.480. The number of hydrogen-bond acceptors (Lipinski definition) is 1. The molecule has 1 fully saturated rings. The van der Waals surface area contributed by atoms with Crippen molar-refractivity contribution in [2.45, 2.75) is 89.7 Å². The fourth-order valence-electron chi connectivity index (χ4n) is 3.55. The van der Waals surface area contributed by atoms with E-state index >= 15 is 0 Å². The number of quaternary nitrogens is 1. The van der Waals surface area contributed by atoms with E-state index < -0.39 is 0 Å². The van der Waals surface area contributed by atoms with E-state index in [0.29, 0.717) is 6.04 Å². The Morgan fingerprint density at radius 1 is 0.895 bits per heavy atom. The molecule has 19 heavy (non-hydrogen) atoms. The molecule has 2 atom stereocenters. The van der Waals surface area contributed by atoms with Gasteiger partial charge < -0.3 is 9.59 Å². The lowest BCUT2D eigenvalue weighted by Gasteiger charge is -2.42. The SMILES string of the molecule is CCCCCCCCC[N+](C)(C)C1CCCCC1O. The van der Waals surface area contributed by atoms with Crippen LogP contribution in [0.2, 0.25) is 0 Å². The van der Waals surface area contributed by atoms with Gasteiger partial charge in [-0.2, -0.15) is 0 Å². The van der Waals surface area contributed by atoms with Crippen LogP contribution in [-0.4, -0.2) is 42.4 Å². The fraction of sp³-hybridized carbons (Fsp3) is 1.00. The average Bonchev–Trinajstić information content (AvgIpc) is 2.38. The topological polar surface area (TPSA) is 20.2 Å². The molecule has 1 N–H and O–H groups in total. The molecule has 2 nitrogen and oxygen atoms in total. The zero-order valence-corrected chi connectivity index (χ0v) is 13.5. The monoisotopic (exact) mass is 270 g/mol. The third-order valence-corrected chi connectivity index (χ3v) is 4.93. The largest absolute Gasteiger partial charge is 0.387 e. The van der Waals surface area contributed by atoms with Crippen LogP contribution in [0.15, 0.2) is 0 Å². The van der Waals surface area contributed by atoms with Crippen molar-refractivity contribution in [1.29, 1.82) is 0 Å². The maximum absolute atomic E-state index is 10.2. The first-order chi connectivity index (χ1) is 9.08. The molecule has 0 aromatic carbocycles. The average molecular weight is 270 g/mol. The first-order valence-corrected chi connectivity index (χ1v) is 8.58. The molecule has 0 aromatic rings. The summed E-state index contributed by atoms with van der Waals surface area (Å²) in [4.78, 5) is 0. The van der Waals surface area contributed by atoms with Gasteiger partial charge >= 0.3 is 0 Å². The maximum Gasteiger partial charge on any atom is 0.115 e. The molecule has 0 aliphatic heterocycles. The summed E-state index contributed by atoms with van der Waals surface area (Å²) >= 11 is 0. The van der Waals surface area contributed by atoms with Gasteiger partial charge in [-0.3, -0.25) is 0 Å². The highest BCUT2D eigenvalue weighted by Crippen LogP contribution is 2.26. The lowest BCUT2D eigenvalue weighted by Crippen LogP contribution is -2.56. The summed E-state index contributed by atoms with van der Waals surface area (Å²) in [5, 5.41) is 10.2. The Balaban J connectivity index is 2.15. The van der Waals surface area contributed by atoms with Crippen molar-refractivity contribution < 1.29 is 9.59 Å². The summed E-state index contributed by atoms with van der Waals surface area (Å²) < 4.78 is 1.02. The van der Waals surface area contributed by atoms with Gasteiger partial charge in [0.25, 0.3) is 0 Å². The van der Waals surface area contributed by atoms with Gasteiger partial charge in [0, 0.05) is 6.42 Å². The Hall–Kier alpha value is -0.0800. The standard InChI is InChI=1S/C17H36NO/c1-4-5-6-7-8-9-12-15-18(2,3)16-13-10-11-14-17(16)19/h16-17,19H,4-15H2,1-3H3/q+1. The van der Waals surface area contributed by atoms with Crippen LogP contribution < -0.4 is 0 Å². The Morgan fingerprint density at radius 3 is 2.11 bits per heavy atom. The van der Waals surface area contributed by atoms with Crippen LogP contribution in [0.1, 0.15) is 77.6 Å². The molecular formula is C17H36NO+. The van der Waals surface area contributed by atoms with Crippen molar-refractivity contribution in [3.63, 3.8) is 0 Å². The van der Waals surface area contributed by atoms with E-state index in [-0.39, 0.29) is 6.10 Å². The van der Waals surface area contributed by atoms with Crippen LogP contribution in [0.5, 0.6) is 0 Å². The molecule has 0 amide bonds. The van der Waals surface area contributed by atoms with Gasteiger partial charge in [0.2, 0.25) is 0 Å². The Morgan fingerprint density at radius 2 is 1.47 bits per heavy atom. The quantitative estimate of drug-likeness (QED) is 0.493.